The van der Waals surface area contributed by atoms with E-state index in [2.05, 4.69) is 0 Å². The minimum absolute atomic E-state index is 0.207. The van der Waals surface area contributed by atoms with Crippen LogP contribution in [0.4, 0.5) is 0 Å². The molecule has 0 spiro atoms. The number of thioether (sulfide) groups is 1. The first-order valence-corrected chi connectivity index (χ1v) is 13.3. The van der Waals surface area contributed by atoms with E-state index in [1.165, 1.54) is 32.1 Å². The number of hydrogen-bond donors (Lipinski definition) is 3. The molecule has 1 aliphatic rings. The van der Waals surface area contributed by atoms with Gasteiger partial charge in [0.25, 0.3) is 0 Å². The fraction of sp³-hybridized carbons (Fsp3) is 0.680. The molecule has 0 radical (unpaired) electrons. The summed E-state index contributed by atoms with van der Waals surface area (Å²) in [6.45, 7) is 4.33. The Morgan fingerprint density at radius 3 is 2.38 bits per heavy atom. The second-order valence-electron chi connectivity index (χ2n) is 9.25. The first-order valence-electron chi connectivity index (χ1n) is 11.9. The molecule has 32 heavy (non-hydrogen) atoms. The Hall–Kier alpha value is -1.73. The molecule has 1 aromatic rings. The fourth-order valence-corrected chi connectivity index (χ4v) is 5.40. The summed E-state index contributed by atoms with van der Waals surface area (Å²) in [4.78, 5) is 27.4. The lowest BCUT2D eigenvalue weighted by Gasteiger charge is -2.33. The number of amides is 2. The van der Waals surface area contributed by atoms with Gasteiger partial charge in [-0.25, -0.2) is 0 Å². The maximum absolute atomic E-state index is 13.5. The fourth-order valence-electron chi connectivity index (χ4n) is 4.94. The van der Waals surface area contributed by atoms with Crippen LogP contribution in [0, 0.1) is 19.8 Å². The van der Waals surface area contributed by atoms with Crippen molar-refractivity contribution in [2.75, 3.05) is 18.6 Å². The van der Waals surface area contributed by atoms with Crippen LogP contribution in [0.5, 0.6) is 5.75 Å². The normalized spacial score (nSPS) is 16.5. The van der Waals surface area contributed by atoms with E-state index in [-0.39, 0.29) is 11.7 Å². The molecule has 7 heteroatoms. The van der Waals surface area contributed by atoms with Gasteiger partial charge >= 0.3 is 0 Å². The van der Waals surface area contributed by atoms with Crippen molar-refractivity contribution in [1.29, 1.82) is 0 Å². The zero-order valence-electron chi connectivity index (χ0n) is 19.9. The van der Waals surface area contributed by atoms with Gasteiger partial charge in [-0.3, -0.25) is 9.59 Å². The molecule has 180 valence electrons. The molecule has 0 saturated heterocycles. The maximum atomic E-state index is 13.5. The number of phenols is 1. The highest BCUT2D eigenvalue weighted by molar-refractivity contribution is 7.98. The molecule has 0 aliphatic heterocycles. The molecule has 2 atom stereocenters. The van der Waals surface area contributed by atoms with E-state index < -0.39 is 18.0 Å². The SMILES string of the molecule is CSCC[C@H](C(N)=O)N(CCCC1CCCCC1)C(=O)[C@@H](N)Cc1c(C)cc(O)cc1C. The predicted molar refractivity (Wildman–Crippen MR) is 133 cm³/mol. The number of aromatic hydroxyl groups is 1. The summed E-state index contributed by atoms with van der Waals surface area (Å²) in [5, 5.41) is 9.81. The van der Waals surface area contributed by atoms with Crippen molar-refractivity contribution < 1.29 is 14.7 Å². The summed E-state index contributed by atoms with van der Waals surface area (Å²) >= 11 is 1.64. The van der Waals surface area contributed by atoms with Crippen LogP contribution in [0.2, 0.25) is 0 Å². The van der Waals surface area contributed by atoms with E-state index in [1.807, 2.05) is 20.1 Å². The van der Waals surface area contributed by atoms with E-state index in [0.29, 0.717) is 19.4 Å². The van der Waals surface area contributed by atoms with Crippen molar-refractivity contribution in [3.05, 3.63) is 28.8 Å². The number of phenolic OH excluding ortho intramolecular Hbond substituents is 1. The van der Waals surface area contributed by atoms with Crippen LogP contribution in [0.3, 0.4) is 0 Å². The van der Waals surface area contributed by atoms with Gasteiger partial charge in [0.05, 0.1) is 6.04 Å². The second-order valence-corrected chi connectivity index (χ2v) is 10.2. The van der Waals surface area contributed by atoms with Crippen LogP contribution in [0.25, 0.3) is 0 Å². The molecular weight excluding hydrogens is 422 g/mol. The van der Waals surface area contributed by atoms with Gasteiger partial charge in [0.15, 0.2) is 0 Å². The molecule has 1 aromatic carbocycles. The second kappa shape index (κ2) is 13.1. The van der Waals surface area contributed by atoms with Gasteiger partial charge in [-0.15, -0.1) is 0 Å². The quantitative estimate of drug-likeness (QED) is 0.438. The van der Waals surface area contributed by atoms with Gasteiger partial charge in [-0.1, -0.05) is 32.1 Å². The highest BCUT2D eigenvalue weighted by Crippen LogP contribution is 2.28. The number of carbonyl (C=O) groups excluding carboxylic acids is 2. The van der Waals surface area contributed by atoms with Crippen LogP contribution >= 0.6 is 11.8 Å². The average Bonchev–Trinajstić information content (AvgIpc) is 2.75. The summed E-state index contributed by atoms with van der Waals surface area (Å²) in [6.07, 6.45) is 11.3. The van der Waals surface area contributed by atoms with Gasteiger partial charge < -0.3 is 21.5 Å². The number of nitrogens with zero attached hydrogens (tertiary/aromatic N) is 1. The van der Waals surface area contributed by atoms with E-state index in [9.17, 15) is 14.7 Å². The Balaban J connectivity index is 2.14. The number of rotatable bonds is 12. The van der Waals surface area contributed by atoms with E-state index in [0.717, 1.165) is 41.2 Å². The van der Waals surface area contributed by atoms with Crippen molar-refractivity contribution in [3.63, 3.8) is 0 Å². The minimum Gasteiger partial charge on any atom is -0.508 e. The zero-order valence-corrected chi connectivity index (χ0v) is 20.8. The summed E-state index contributed by atoms with van der Waals surface area (Å²) in [5.41, 5.74) is 14.9. The van der Waals surface area contributed by atoms with Crippen LogP contribution in [-0.2, 0) is 16.0 Å². The van der Waals surface area contributed by atoms with Crippen molar-refractivity contribution in [3.8, 4) is 5.75 Å². The predicted octanol–water partition coefficient (Wildman–Crippen LogP) is 3.67. The van der Waals surface area contributed by atoms with Crippen LogP contribution in [0.1, 0.15) is 68.1 Å². The Bertz CT molecular complexity index is 742. The third kappa shape index (κ3) is 7.69. The standard InChI is InChI=1S/C25H41N3O3S/c1-17-14-20(29)15-18(2)21(17)16-22(26)25(31)28(23(24(27)30)11-13-32-3)12-7-10-19-8-5-4-6-9-19/h14-15,19,22-23,29H,4-13,16,26H2,1-3H3,(H2,27,30)/t22-,23+/m0/s1. The highest BCUT2D eigenvalue weighted by atomic mass is 32.2. The summed E-state index contributed by atoms with van der Waals surface area (Å²) in [7, 11) is 0. The van der Waals surface area contributed by atoms with Gasteiger partial charge in [0.2, 0.25) is 11.8 Å². The van der Waals surface area contributed by atoms with Crippen molar-refractivity contribution in [2.45, 2.75) is 83.7 Å². The molecule has 1 saturated carbocycles. The molecule has 0 aromatic heterocycles. The minimum atomic E-state index is -0.761. The van der Waals surface area contributed by atoms with E-state index >= 15 is 0 Å². The van der Waals surface area contributed by atoms with Crippen LogP contribution in [-0.4, -0.2) is 52.5 Å². The Morgan fingerprint density at radius 1 is 1.19 bits per heavy atom. The molecule has 1 fully saturated rings. The van der Waals surface area contributed by atoms with E-state index in [4.69, 9.17) is 11.5 Å². The third-order valence-electron chi connectivity index (χ3n) is 6.74. The number of benzene rings is 1. The Kier molecular flexibility index (Phi) is 10.9. The number of nitrogens with two attached hydrogens (primary N) is 2. The molecule has 2 rings (SSSR count). The molecule has 5 N–H and O–H groups in total. The van der Waals surface area contributed by atoms with Crippen molar-refractivity contribution >= 4 is 23.6 Å². The lowest BCUT2D eigenvalue weighted by Crippen LogP contribution is -2.54. The number of hydrogen-bond acceptors (Lipinski definition) is 5. The van der Waals surface area contributed by atoms with Gasteiger partial charge in [0.1, 0.15) is 11.8 Å². The lowest BCUT2D eigenvalue weighted by atomic mass is 9.86. The highest BCUT2D eigenvalue weighted by Gasteiger charge is 2.31. The Morgan fingerprint density at radius 2 is 1.81 bits per heavy atom. The molecule has 6 nitrogen and oxygen atoms in total. The number of carbonyl (C=O) groups is 2. The molecule has 0 unspecified atom stereocenters. The first-order chi connectivity index (χ1) is 15.2. The van der Waals surface area contributed by atoms with Gasteiger partial charge in [-0.05, 0) is 86.3 Å². The molecule has 2 amide bonds. The summed E-state index contributed by atoms with van der Waals surface area (Å²) < 4.78 is 0. The third-order valence-corrected chi connectivity index (χ3v) is 7.39. The van der Waals surface area contributed by atoms with Gasteiger partial charge in [-0.2, -0.15) is 11.8 Å². The molecule has 0 heterocycles. The maximum Gasteiger partial charge on any atom is 0.240 e. The van der Waals surface area contributed by atoms with E-state index in [1.54, 1.807) is 28.8 Å². The molecule has 1 aliphatic carbocycles. The largest absolute Gasteiger partial charge is 0.508 e. The average molecular weight is 464 g/mol. The smallest absolute Gasteiger partial charge is 0.240 e. The first kappa shape index (κ1) is 26.5. The van der Waals surface area contributed by atoms with Gasteiger partial charge in [0, 0.05) is 6.54 Å². The monoisotopic (exact) mass is 463 g/mol. The molecular formula is C25H41N3O3S. The lowest BCUT2D eigenvalue weighted by molar-refractivity contribution is -0.140. The van der Waals surface area contributed by atoms with Crippen molar-refractivity contribution in [1.82, 2.24) is 4.90 Å². The van der Waals surface area contributed by atoms with Crippen LogP contribution in [0.15, 0.2) is 12.1 Å². The summed E-state index contributed by atoms with van der Waals surface area (Å²) in [6, 6.07) is 1.98. The number of primary amides is 1. The summed E-state index contributed by atoms with van der Waals surface area (Å²) in [5.74, 6) is 0.999. The zero-order chi connectivity index (χ0) is 23.7. The molecule has 0 bridgehead atoms. The topological polar surface area (TPSA) is 110 Å². The Labute approximate surface area is 197 Å². The van der Waals surface area contributed by atoms with Crippen molar-refractivity contribution in [2.24, 2.45) is 17.4 Å². The number of aryl methyl sites for hydroxylation is 2. The van der Waals surface area contributed by atoms with Crippen LogP contribution < -0.4 is 11.5 Å².